The van der Waals surface area contributed by atoms with Crippen LogP contribution in [-0.4, -0.2) is 5.11 Å². The average molecular weight is 211 g/mol. The Balaban J connectivity index is 3.22. The molecule has 0 spiro atoms. The van der Waals surface area contributed by atoms with Gasteiger partial charge in [-0.05, 0) is 23.8 Å². The molecule has 0 saturated heterocycles. The standard InChI is InChI=1S/C8H6ClF3O/c9-4-5-3-6(13)1-2-7(5)8(10,11)12/h1-3,13H,4H2. The molecule has 0 aromatic heterocycles. The molecule has 72 valence electrons. The zero-order valence-corrected chi connectivity index (χ0v) is 7.15. The maximum absolute atomic E-state index is 12.2. The van der Waals surface area contributed by atoms with Gasteiger partial charge in [0.05, 0.1) is 5.56 Å². The van der Waals surface area contributed by atoms with Crippen LogP contribution < -0.4 is 0 Å². The minimum atomic E-state index is -4.42. The number of phenolic OH excluding ortho intramolecular Hbond substituents is 1. The minimum absolute atomic E-state index is 0.117. The fraction of sp³-hybridized carbons (Fsp3) is 0.250. The Hall–Kier alpha value is -0.900. The highest BCUT2D eigenvalue weighted by atomic mass is 35.5. The van der Waals surface area contributed by atoms with E-state index in [1.807, 2.05) is 0 Å². The Morgan fingerprint density at radius 1 is 1.31 bits per heavy atom. The third-order valence-electron chi connectivity index (χ3n) is 1.54. The van der Waals surface area contributed by atoms with Crippen molar-refractivity contribution in [3.05, 3.63) is 29.3 Å². The number of alkyl halides is 4. The number of hydrogen-bond acceptors (Lipinski definition) is 1. The van der Waals surface area contributed by atoms with E-state index in [0.717, 1.165) is 18.2 Å². The number of aromatic hydroxyl groups is 1. The summed E-state index contributed by atoms with van der Waals surface area (Å²) >= 11 is 5.30. The van der Waals surface area contributed by atoms with Crippen LogP contribution in [-0.2, 0) is 12.1 Å². The molecule has 0 unspecified atom stereocenters. The van der Waals surface area contributed by atoms with Crippen molar-refractivity contribution in [3.8, 4) is 5.75 Å². The van der Waals surface area contributed by atoms with E-state index in [0.29, 0.717) is 0 Å². The highest BCUT2D eigenvalue weighted by Crippen LogP contribution is 2.34. The van der Waals surface area contributed by atoms with E-state index in [9.17, 15) is 13.2 Å². The maximum Gasteiger partial charge on any atom is 0.416 e. The summed E-state index contributed by atoms with van der Waals surface area (Å²) in [4.78, 5) is 0. The van der Waals surface area contributed by atoms with Crippen molar-refractivity contribution < 1.29 is 18.3 Å². The van der Waals surface area contributed by atoms with Gasteiger partial charge in [-0.25, -0.2) is 0 Å². The van der Waals surface area contributed by atoms with Crippen LogP contribution >= 0.6 is 11.6 Å². The van der Waals surface area contributed by atoms with Crippen molar-refractivity contribution in [1.29, 1.82) is 0 Å². The van der Waals surface area contributed by atoms with Gasteiger partial charge >= 0.3 is 6.18 Å². The topological polar surface area (TPSA) is 20.2 Å². The van der Waals surface area contributed by atoms with Crippen LogP contribution in [0.2, 0.25) is 0 Å². The van der Waals surface area contributed by atoms with Crippen molar-refractivity contribution in [2.45, 2.75) is 12.1 Å². The van der Waals surface area contributed by atoms with E-state index in [1.54, 1.807) is 0 Å². The first-order chi connectivity index (χ1) is 5.95. The molecular weight excluding hydrogens is 205 g/mol. The molecule has 5 heteroatoms. The van der Waals surface area contributed by atoms with Gasteiger partial charge < -0.3 is 5.11 Å². The summed E-state index contributed by atoms with van der Waals surface area (Å²) in [6.45, 7) is 0. The lowest BCUT2D eigenvalue weighted by Gasteiger charge is -2.10. The van der Waals surface area contributed by atoms with Crippen molar-refractivity contribution in [2.75, 3.05) is 0 Å². The van der Waals surface area contributed by atoms with Crippen molar-refractivity contribution in [1.82, 2.24) is 0 Å². The molecule has 13 heavy (non-hydrogen) atoms. The Kier molecular flexibility index (Phi) is 2.71. The van der Waals surface area contributed by atoms with Crippen molar-refractivity contribution in [3.63, 3.8) is 0 Å². The predicted octanol–water partition coefficient (Wildman–Crippen LogP) is 3.15. The van der Waals surface area contributed by atoms with Gasteiger partial charge in [-0.1, -0.05) is 0 Å². The second-order valence-electron chi connectivity index (χ2n) is 2.47. The summed E-state index contributed by atoms with van der Waals surface area (Å²) in [5.41, 5.74) is -0.922. The van der Waals surface area contributed by atoms with E-state index in [1.165, 1.54) is 0 Å². The van der Waals surface area contributed by atoms with Crippen LogP contribution in [0.5, 0.6) is 5.75 Å². The fourth-order valence-corrected chi connectivity index (χ4v) is 1.19. The minimum Gasteiger partial charge on any atom is -0.508 e. The molecule has 1 rings (SSSR count). The summed E-state index contributed by atoms with van der Waals surface area (Å²) in [7, 11) is 0. The molecule has 1 nitrogen and oxygen atoms in total. The molecule has 0 atom stereocenters. The smallest absolute Gasteiger partial charge is 0.416 e. The van der Waals surface area contributed by atoms with Gasteiger partial charge in [-0.2, -0.15) is 13.2 Å². The first-order valence-corrected chi connectivity index (χ1v) is 3.93. The third-order valence-corrected chi connectivity index (χ3v) is 1.83. The van der Waals surface area contributed by atoms with Crippen LogP contribution in [0.3, 0.4) is 0 Å². The molecular formula is C8H6ClF3O. The fourth-order valence-electron chi connectivity index (χ4n) is 0.967. The van der Waals surface area contributed by atoms with E-state index < -0.39 is 11.7 Å². The predicted molar refractivity (Wildman–Crippen MR) is 42.7 cm³/mol. The molecule has 0 aliphatic carbocycles. The average Bonchev–Trinajstić information content (AvgIpc) is 2.01. The molecule has 0 radical (unpaired) electrons. The summed E-state index contributed by atoms with van der Waals surface area (Å²) in [5, 5.41) is 8.91. The molecule has 0 heterocycles. The Bertz CT molecular complexity index is 309. The van der Waals surface area contributed by atoms with Gasteiger partial charge in [0.25, 0.3) is 0 Å². The summed E-state index contributed by atoms with van der Waals surface area (Å²) in [6.07, 6.45) is -4.42. The van der Waals surface area contributed by atoms with E-state index in [2.05, 4.69) is 0 Å². The number of rotatable bonds is 1. The van der Waals surface area contributed by atoms with E-state index >= 15 is 0 Å². The number of halogens is 4. The second-order valence-corrected chi connectivity index (χ2v) is 2.74. The van der Waals surface area contributed by atoms with E-state index in [4.69, 9.17) is 16.7 Å². The molecule has 0 bridgehead atoms. The van der Waals surface area contributed by atoms with Crippen LogP contribution in [0, 0.1) is 0 Å². The monoisotopic (exact) mass is 210 g/mol. The lowest BCUT2D eigenvalue weighted by molar-refractivity contribution is -0.138. The van der Waals surface area contributed by atoms with Crippen LogP contribution in [0.1, 0.15) is 11.1 Å². The van der Waals surface area contributed by atoms with Gasteiger partial charge in [0.1, 0.15) is 5.75 Å². The zero-order valence-electron chi connectivity index (χ0n) is 6.40. The van der Waals surface area contributed by atoms with Crippen molar-refractivity contribution in [2.24, 2.45) is 0 Å². The van der Waals surface area contributed by atoms with Crippen molar-refractivity contribution >= 4 is 11.6 Å². The zero-order chi connectivity index (χ0) is 10.1. The van der Waals surface area contributed by atoms with Crippen LogP contribution in [0.25, 0.3) is 0 Å². The lowest BCUT2D eigenvalue weighted by atomic mass is 10.1. The second kappa shape index (κ2) is 3.46. The number of phenols is 1. The van der Waals surface area contributed by atoms with Crippen LogP contribution in [0.15, 0.2) is 18.2 Å². The largest absolute Gasteiger partial charge is 0.508 e. The Morgan fingerprint density at radius 2 is 1.92 bits per heavy atom. The van der Waals surface area contributed by atoms with Gasteiger partial charge in [0.15, 0.2) is 0 Å². The number of benzene rings is 1. The van der Waals surface area contributed by atoms with E-state index in [-0.39, 0.29) is 17.2 Å². The first kappa shape index (κ1) is 10.2. The molecule has 0 fully saturated rings. The molecule has 0 amide bonds. The molecule has 1 N–H and O–H groups in total. The van der Waals surface area contributed by atoms with Gasteiger partial charge in [-0.3, -0.25) is 0 Å². The Labute approximate surface area is 77.8 Å². The van der Waals surface area contributed by atoms with Gasteiger partial charge in [0.2, 0.25) is 0 Å². The summed E-state index contributed by atoms with van der Waals surface area (Å²) < 4.78 is 36.7. The molecule has 0 aliphatic rings. The molecule has 1 aromatic carbocycles. The maximum atomic E-state index is 12.2. The quantitative estimate of drug-likeness (QED) is 0.706. The molecule has 0 saturated carbocycles. The SMILES string of the molecule is Oc1ccc(C(F)(F)F)c(CCl)c1. The van der Waals surface area contributed by atoms with Gasteiger partial charge in [-0.15, -0.1) is 11.6 Å². The highest BCUT2D eigenvalue weighted by Gasteiger charge is 2.32. The van der Waals surface area contributed by atoms with Crippen LogP contribution in [0.4, 0.5) is 13.2 Å². The Morgan fingerprint density at radius 3 is 2.38 bits per heavy atom. The van der Waals surface area contributed by atoms with Gasteiger partial charge in [0, 0.05) is 5.88 Å². The molecule has 0 aliphatic heterocycles. The summed E-state index contributed by atoms with van der Waals surface area (Å²) in [5.74, 6) is -0.493. The third kappa shape index (κ3) is 2.28. The summed E-state index contributed by atoms with van der Waals surface area (Å²) in [6, 6.07) is 2.81. The molecule has 1 aromatic rings. The normalized spacial score (nSPS) is 11.7. The number of hydrogen-bond donors (Lipinski definition) is 1. The highest BCUT2D eigenvalue weighted by molar-refractivity contribution is 6.17. The lowest BCUT2D eigenvalue weighted by Crippen LogP contribution is -2.07. The first-order valence-electron chi connectivity index (χ1n) is 3.40.